The third-order valence-corrected chi connectivity index (χ3v) is 2.01. The van der Waals surface area contributed by atoms with Crippen molar-refractivity contribution in [1.82, 2.24) is 4.90 Å². The molecule has 0 aromatic heterocycles. The van der Waals surface area contributed by atoms with Crippen LogP contribution in [0.15, 0.2) is 0 Å². The number of likely N-dealkylation sites (N-methyl/N-ethyl adjacent to an activating group) is 1. The molecule has 1 aliphatic rings. The summed E-state index contributed by atoms with van der Waals surface area (Å²) < 4.78 is 5.06. The number of ether oxygens (including phenoxy) is 1. The van der Waals surface area contributed by atoms with Crippen molar-refractivity contribution in [1.29, 1.82) is 0 Å². The van der Waals surface area contributed by atoms with E-state index in [1.807, 2.05) is 0 Å². The fourth-order valence-electron chi connectivity index (χ4n) is 1.29. The quantitative estimate of drug-likeness (QED) is 0.645. The maximum Gasteiger partial charge on any atom is 0.332 e. The van der Waals surface area contributed by atoms with Crippen molar-refractivity contribution in [2.75, 3.05) is 14.1 Å². The maximum absolute atomic E-state index is 11.3. The fraction of sp³-hybridized carbons (Fsp3) is 0.750. The van der Waals surface area contributed by atoms with Crippen molar-refractivity contribution in [2.24, 2.45) is 0 Å². The summed E-state index contributed by atoms with van der Waals surface area (Å²) >= 11 is 0. The summed E-state index contributed by atoms with van der Waals surface area (Å²) in [6.45, 7) is 0. The minimum absolute atomic E-state index is 0.163. The summed E-state index contributed by atoms with van der Waals surface area (Å²) in [5.41, 5.74) is 0. The smallest absolute Gasteiger partial charge is 0.332 e. The predicted octanol–water partition coefficient (Wildman–Crippen LogP) is -0.293. The first-order chi connectivity index (χ1) is 6.02. The Kier molecular flexibility index (Phi) is 2.87. The van der Waals surface area contributed by atoms with E-state index in [0.29, 0.717) is 12.8 Å². The van der Waals surface area contributed by atoms with Gasteiger partial charge in [-0.3, -0.25) is 4.79 Å². The molecular formula is C8H13NO4. The zero-order chi connectivity index (χ0) is 10.0. The van der Waals surface area contributed by atoms with E-state index in [1.165, 1.54) is 4.90 Å². The topological polar surface area (TPSA) is 66.8 Å². The molecule has 13 heavy (non-hydrogen) atoms. The predicted molar refractivity (Wildman–Crippen MR) is 44.2 cm³/mol. The number of aliphatic carboxylic acids is 1. The van der Waals surface area contributed by atoms with Gasteiger partial charge in [0.05, 0.1) is 0 Å². The molecule has 1 rings (SSSR count). The third kappa shape index (κ3) is 2.18. The summed E-state index contributed by atoms with van der Waals surface area (Å²) in [4.78, 5) is 23.2. The molecule has 1 fully saturated rings. The molecular weight excluding hydrogens is 174 g/mol. The summed E-state index contributed by atoms with van der Waals surface area (Å²) in [5.74, 6) is -1.15. The highest BCUT2D eigenvalue weighted by Gasteiger charge is 2.35. The molecule has 1 heterocycles. The highest BCUT2D eigenvalue weighted by atomic mass is 16.5. The van der Waals surface area contributed by atoms with Gasteiger partial charge in [-0.1, -0.05) is 0 Å². The monoisotopic (exact) mass is 187 g/mol. The van der Waals surface area contributed by atoms with Gasteiger partial charge in [0, 0.05) is 14.1 Å². The van der Waals surface area contributed by atoms with Crippen LogP contribution in [0.3, 0.4) is 0 Å². The first-order valence-corrected chi connectivity index (χ1v) is 4.12. The normalized spacial score (nSPS) is 27.2. The van der Waals surface area contributed by atoms with Gasteiger partial charge in [0.1, 0.15) is 6.10 Å². The molecule has 0 bridgehead atoms. The molecule has 0 aromatic rings. The van der Waals surface area contributed by atoms with Crippen molar-refractivity contribution in [3.63, 3.8) is 0 Å². The van der Waals surface area contributed by atoms with Crippen molar-refractivity contribution in [3.8, 4) is 0 Å². The van der Waals surface area contributed by atoms with Gasteiger partial charge in [-0.05, 0) is 12.8 Å². The molecule has 0 spiro atoms. The lowest BCUT2D eigenvalue weighted by atomic mass is 10.2. The van der Waals surface area contributed by atoms with Crippen LogP contribution in [-0.2, 0) is 14.3 Å². The van der Waals surface area contributed by atoms with Gasteiger partial charge in [0.2, 0.25) is 0 Å². The first kappa shape index (κ1) is 9.98. The number of hydrogen-bond donors (Lipinski definition) is 1. The first-order valence-electron chi connectivity index (χ1n) is 4.12. The minimum atomic E-state index is -0.992. The third-order valence-electron chi connectivity index (χ3n) is 2.01. The molecule has 74 valence electrons. The summed E-state index contributed by atoms with van der Waals surface area (Å²) in [5, 5.41) is 8.60. The van der Waals surface area contributed by atoms with E-state index in [0.717, 1.165) is 0 Å². The fourth-order valence-corrected chi connectivity index (χ4v) is 1.29. The summed E-state index contributed by atoms with van der Waals surface area (Å²) in [6, 6.07) is 0. The Bertz CT molecular complexity index is 226. The lowest BCUT2D eigenvalue weighted by molar-refractivity contribution is -0.153. The molecule has 0 saturated carbocycles. The van der Waals surface area contributed by atoms with Gasteiger partial charge >= 0.3 is 5.97 Å². The SMILES string of the molecule is CN(C)C(=O)[C@@H]1CC[C@H](C(=O)O)O1. The lowest BCUT2D eigenvalue weighted by Crippen LogP contribution is -2.34. The van der Waals surface area contributed by atoms with Crippen LogP contribution in [0.5, 0.6) is 0 Å². The maximum atomic E-state index is 11.3. The summed E-state index contributed by atoms with van der Waals surface area (Å²) in [6.07, 6.45) is -0.474. The number of nitrogens with zero attached hydrogens (tertiary/aromatic N) is 1. The highest BCUT2D eigenvalue weighted by Crippen LogP contribution is 2.20. The molecule has 1 aliphatic heterocycles. The van der Waals surface area contributed by atoms with E-state index < -0.39 is 18.2 Å². The molecule has 5 nitrogen and oxygen atoms in total. The summed E-state index contributed by atoms with van der Waals surface area (Å²) in [7, 11) is 3.25. The Morgan fingerprint density at radius 1 is 1.31 bits per heavy atom. The van der Waals surface area contributed by atoms with E-state index in [4.69, 9.17) is 9.84 Å². The van der Waals surface area contributed by atoms with Crippen LogP contribution in [0.1, 0.15) is 12.8 Å². The average molecular weight is 187 g/mol. The molecule has 2 atom stereocenters. The van der Waals surface area contributed by atoms with Gasteiger partial charge < -0.3 is 14.7 Å². The molecule has 5 heteroatoms. The number of carboxylic acids is 1. The van der Waals surface area contributed by atoms with Gasteiger partial charge in [0.25, 0.3) is 5.91 Å². The second-order valence-corrected chi connectivity index (χ2v) is 3.26. The zero-order valence-electron chi connectivity index (χ0n) is 7.69. The van der Waals surface area contributed by atoms with Gasteiger partial charge in [0.15, 0.2) is 6.10 Å². The molecule has 0 unspecified atom stereocenters. The largest absolute Gasteiger partial charge is 0.479 e. The van der Waals surface area contributed by atoms with Crippen molar-refractivity contribution >= 4 is 11.9 Å². The average Bonchev–Trinajstić information content (AvgIpc) is 2.50. The van der Waals surface area contributed by atoms with Crippen LogP contribution < -0.4 is 0 Å². The minimum Gasteiger partial charge on any atom is -0.479 e. The van der Waals surface area contributed by atoms with Gasteiger partial charge in [-0.15, -0.1) is 0 Å². The molecule has 0 aliphatic carbocycles. The van der Waals surface area contributed by atoms with Crippen LogP contribution in [0, 0.1) is 0 Å². The molecule has 1 saturated heterocycles. The Labute approximate surface area is 76.3 Å². The Morgan fingerprint density at radius 2 is 1.85 bits per heavy atom. The number of carbonyl (C=O) groups excluding carboxylic acids is 1. The molecule has 0 aromatic carbocycles. The van der Waals surface area contributed by atoms with Gasteiger partial charge in [-0.25, -0.2) is 4.79 Å². The van der Waals surface area contributed by atoms with E-state index >= 15 is 0 Å². The lowest BCUT2D eigenvalue weighted by Gasteiger charge is -2.15. The second-order valence-electron chi connectivity index (χ2n) is 3.26. The Morgan fingerprint density at radius 3 is 2.23 bits per heavy atom. The number of rotatable bonds is 2. The second kappa shape index (κ2) is 3.74. The number of hydrogen-bond acceptors (Lipinski definition) is 3. The highest BCUT2D eigenvalue weighted by molar-refractivity contribution is 5.82. The number of carbonyl (C=O) groups is 2. The van der Waals surface area contributed by atoms with Crippen LogP contribution in [-0.4, -0.2) is 48.2 Å². The van der Waals surface area contributed by atoms with Gasteiger partial charge in [-0.2, -0.15) is 0 Å². The molecule has 1 N–H and O–H groups in total. The van der Waals surface area contributed by atoms with Crippen molar-refractivity contribution < 1.29 is 19.4 Å². The van der Waals surface area contributed by atoms with Crippen LogP contribution in [0.4, 0.5) is 0 Å². The van der Waals surface area contributed by atoms with E-state index in [-0.39, 0.29) is 5.91 Å². The number of carboxylic acid groups (broad SMARTS) is 1. The van der Waals surface area contributed by atoms with Crippen molar-refractivity contribution in [3.05, 3.63) is 0 Å². The molecule has 0 radical (unpaired) electrons. The van der Waals surface area contributed by atoms with Crippen LogP contribution in [0.25, 0.3) is 0 Å². The standard InChI is InChI=1S/C8H13NO4/c1-9(2)7(10)5-3-4-6(13-5)8(11)12/h5-6H,3-4H2,1-2H3,(H,11,12)/t5-,6+/m0/s1. The van der Waals surface area contributed by atoms with E-state index in [9.17, 15) is 9.59 Å². The van der Waals surface area contributed by atoms with E-state index in [2.05, 4.69) is 0 Å². The zero-order valence-corrected chi connectivity index (χ0v) is 7.69. The van der Waals surface area contributed by atoms with E-state index in [1.54, 1.807) is 14.1 Å². The van der Waals surface area contributed by atoms with Crippen molar-refractivity contribution in [2.45, 2.75) is 25.0 Å². The van der Waals surface area contributed by atoms with Crippen LogP contribution >= 0.6 is 0 Å². The van der Waals surface area contributed by atoms with Crippen LogP contribution in [0.2, 0.25) is 0 Å². The molecule has 1 amide bonds. The Hall–Kier alpha value is -1.10. The Balaban J connectivity index is 2.50. The number of amides is 1.